The Balaban J connectivity index is 1.67. The molecule has 1 nitrogen and oxygen atoms in total. The number of allylic oxidation sites excluding steroid dienone is 13. The number of rotatable bonds is 3. The van der Waals surface area contributed by atoms with Gasteiger partial charge in [0.25, 0.3) is 0 Å². The second-order valence-corrected chi connectivity index (χ2v) is 5.38. The van der Waals surface area contributed by atoms with Crippen molar-refractivity contribution >= 4 is 0 Å². The van der Waals surface area contributed by atoms with Crippen molar-refractivity contribution in [3.8, 4) is 0 Å². The maximum Gasteiger partial charge on any atom is 0.0187 e. The van der Waals surface area contributed by atoms with Crippen LogP contribution >= 0.6 is 0 Å². The van der Waals surface area contributed by atoms with Crippen molar-refractivity contribution in [1.82, 2.24) is 5.32 Å². The maximum absolute atomic E-state index is 3.56. The third-order valence-corrected chi connectivity index (χ3v) is 3.89. The fraction of sp³-hybridized carbons (Fsp3) is 0.263. The van der Waals surface area contributed by atoms with E-state index in [-0.39, 0.29) is 0 Å². The van der Waals surface area contributed by atoms with E-state index in [1.54, 1.807) is 0 Å². The zero-order valence-corrected chi connectivity index (χ0v) is 11.8. The van der Waals surface area contributed by atoms with Gasteiger partial charge in [0.2, 0.25) is 0 Å². The Morgan fingerprint density at radius 2 is 1.60 bits per heavy atom. The van der Waals surface area contributed by atoms with Crippen molar-refractivity contribution in [3.63, 3.8) is 0 Å². The van der Waals surface area contributed by atoms with Crippen LogP contribution in [0.15, 0.2) is 83.3 Å². The molecule has 0 aromatic carbocycles. The lowest BCUT2D eigenvalue weighted by molar-refractivity contribution is 0.792. The summed E-state index contributed by atoms with van der Waals surface area (Å²) in [6.07, 6.45) is 27.5. The summed E-state index contributed by atoms with van der Waals surface area (Å²) in [5.74, 6) is 0. The molecule has 3 rings (SSSR count). The molecule has 0 atom stereocenters. The topological polar surface area (TPSA) is 12.0 Å². The fourth-order valence-corrected chi connectivity index (χ4v) is 2.76. The lowest BCUT2D eigenvalue weighted by atomic mass is 9.91. The summed E-state index contributed by atoms with van der Waals surface area (Å²) in [4.78, 5) is 0. The number of nitrogens with one attached hydrogen (secondary N) is 1. The van der Waals surface area contributed by atoms with Gasteiger partial charge in [0, 0.05) is 17.8 Å². The molecule has 0 saturated carbocycles. The van der Waals surface area contributed by atoms with Crippen molar-refractivity contribution in [1.29, 1.82) is 0 Å². The van der Waals surface area contributed by atoms with Crippen LogP contribution in [0.5, 0.6) is 0 Å². The highest BCUT2D eigenvalue weighted by Gasteiger charge is 2.11. The first-order valence-corrected chi connectivity index (χ1v) is 7.47. The molecule has 0 saturated heterocycles. The van der Waals surface area contributed by atoms with E-state index < -0.39 is 0 Å². The van der Waals surface area contributed by atoms with Crippen molar-refractivity contribution in [3.05, 3.63) is 83.3 Å². The molecular formula is C19H21N. The van der Waals surface area contributed by atoms with E-state index in [0.29, 0.717) is 0 Å². The molecule has 0 heterocycles. The zero-order valence-electron chi connectivity index (χ0n) is 11.8. The van der Waals surface area contributed by atoms with Crippen LogP contribution in [-0.2, 0) is 0 Å². The first kappa shape index (κ1) is 13.0. The van der Waals surface area contributed by atoms with Gasteiger partial charge in [-0.3, -0.25) is 0 Å². The van der Waals surface area contributed by atoms with E-state index in [9.17, 15) is 0 Å². The molecule has 1 heteroatoms. The van der Waals surface area contributed by atoms with Crippen molar-refractivity contribution in [2.75, 3.05) is 0 Å². The van der Waals surface area contributed by atoms with Crippen molar-refractivity contribution in [2.45, 2.75) is 32.1 Å². The largest absolute Gasteiger partial charge is 0.362 e. The molecule has 0 fully saturated rings. The molecule has 0 bridgehead atoms. The highest BCUT2D eigenvalue weighted by atomic mass is 14.9. The van der Waals surface area contributed by atoms with E-state index in [1.807, 2.05) is 0 Å². The highest BCUT2D eigenvalue weighted by Crippen LogP contribution is 2.28. The Kier molecular flexibility index (Phi) is 4.17. The molecule has 0 aromatic rings. The fourth-order valence-electron chi connectivity index (χ4n) is 2.76. The lowest BCUT2D eigenvalue weighted by Gasteiger charge is -2.20. The van der Waals surface area contributed by atoms with Gasteiger partial charge in [-0.05, 0) is 49.0 Å². The van der Waals surface area contributed by atoms with Crippen LogP contribution in [0.25, 0.3) is 0 Å². The molecular weight excluding hydrogens is 242 g/mol. The second-order valence-electron chi connectivity index (χ2n) is 5.38. The SMILES string of the molecule is C1=CC=C(NC2=CC=C(C3=CC=CCC3)CC2)CC=C1. The van der Waals surface area contributed by atoms with Crippen LogP contribution in [-0.4, -0.2) is 0 Å². The van der Waals surface area contributed by atoms with Crippen LogP contribution in [0, 0.1) is 0 Å². The van der Waals surface area contributed by atoms with E-state index >= 15 is 0 Å². The van der Waals surface area contributed by atoms with E-state index in [4.69, 9.17) is 0 Å². The van der Waals surface area contributed by atoms with Crippen molar-refractivity contribution < 1.29 is 0 Å². The number of hydrogen-bond donors (Lipinski definition) is 1. The van der Waals surface area contributed by atoms with Gasteiger partial charge in [0.15, 0.2) is 0 Å². The number of hydrogen-bond acceptors (Lipinski definition) is 1. The van der Waals surface area contributed by atoms with Gasteiger partial charge < -0.3 is 5.32 Å². The normalized spacial score (nSPS) is 21.6. The first-order valence-electron chi connectivity index (χ1n) is 7.47. The summed E-state index contributed by atoms with van der Waals surface area (Å²) in [5.41, 5.74) is 5.63. The zero-order chi connectivity index (χ0) is 13.6. The van der Waals surface area contributed by atoms with Crippen LogP contribution in [0.1, 0.15) is 32.1 Å². The quantitative estimate of drug-likeness (QED) is 0.767. The third kappa shape index (κ3) is 3.30. The van der Waals surface area contributed by atoms with Crippen LogP contribution in [0.2, 0.25) is 0 Å². The minimum Gasteiger partial charge on any atom is -0.362 e. The smallest absolute Gasteiger partial charge is 0.0187 e. The van der Waals surface area contributed by atoms with E-state index in [2.05, 4.69) is 66.1 Å². The summed E-state index contributed by atoms with van der Waals surface area (Å²) in [5, 5.41) is 3.56. The van der Waals surface area contributed by atoms with Crippen molar-refractivity contribution in [2.24, 2.45) is 0 Å². The first-order chi connectivity index (χ1) is 9.92. The molecule has 1 N–H and O–H groups in total. The molecule has 3 aliphatic carbocycles. The minimum atomic E-state index is 0.983. The molecule has 102 valence electrons. The summed E-state index contributed by atoms with van der Waals surface area (Å²) in [7, 11) is 0. The Morgan fingerprint density at radius 1 is 0.650 bits per heavy atom. The summed E-state index contributed by atoms with van der Waals surface area (Å²) >= 11 is 0. The van der Waals surface area contributed by atoms with Crippen LogP contribution in [0.3, 0.4) is 0 Å². The van der Waals surface area contributed by atoms with E-state index in [0.717, 1.165) is 19.3 Å². The van der Waals surface area contributed by atoms with Crippen LogP contribution < -0.4 is 5.32 Å². The van der Waals surface area contributed by atoms with Gasteiger partial charge in [-0.25, -0.2) is 0 Å². The maximum atomic E-state index is 3.56. The van der Waals surface area contributed by atoms with Gasteiger partial charge >= 0.3 is 0 Å². The van der Waals surface area contributed by atoms with Gasteiger partial charge in [-0.2, -0.15) is 0 Å². The standard InChI is InChI=1S/C19H21N/c1-2-7-11-18(10-6-1)20-19-14-12-17(13-15-19)16-8-4-3-5-9-16/h1-4,6-8,10,12,14,20H,5,9,11,13,15H2. The summed E-state index contributed by atoms with van der Waals surface area (Å²) in [6, 6.07) is 0. The minimum absolute atomic E-state index is 0.983. The highest BCUT2D eigenvalue weighted by molar-refractivity contribution is 5.41. The Morgan fingerprint density at radius 3 is 2.40 bits per heavy atom. The predicted octanol–water partition coefficient (Wildman–Crippen LogP) is 4.86. The van der Waals surface area contributed by atoms with Gasteiger partial charge in [-0.15, -0.1) is 0 Å². The molecule has 3 aliphatic rings. The molecule has 20 heavy (non-hydrogen) atoms. The van der Waals surface area contributed by atoms with Gasteiger partial charge in [-0.1, -0.05) is 48.6 Å². The Labute approximate surface area is 121 Å². The van der Waals surface area contributed by atoms with Gasteiger partial charge in [0.1, 0.15) is 0 Å². The average molecular weight is 263 g/mol. The predicted molar refractivity (Wildman–Crippen MR) is 86.0 cm³/mol. The molecule has 0 amide bonds. The second kappa shape index (κ2) is 6.42. The lowest BCUT2D eigenvalue weighted by Crippen LogP contribution is -2.14. The summed E-state index contributed by atoms with van der Waals surface area (Å²) in [6.45, 7) is 0. The average Bonchev–Trinajstić information content (AvgIpc) is 2.78. The van der Waals surface area contributed by atoms with Gasteiger partial charge in [0.05, 0.1) is 0 Å². The summed E-state index contributed by atoms with van der Waals surface area (Å²) < 4.78 is 0. The molecule has 0 aliphatic heterocycles. The molecule has 0 spiro atoms. The molecule has 0 radical (unpaired) electrons. The van der Waals surface area contributed by atoms with E-state index in [1.165, 1.54) is 35.4 Å². The third-order valence-electron chi connectivity index (χ3n) is 3.89. The molecule has 0 aromatic heterocycles. The van der Waals surface area contributed by atoms with Crippen LogP contribution in [0.4, 0.5) is 0 Å². The Bertz CT molecular complexity index is 577. The Hall–Kier alpha value is -2.02. The molecule has 0 unspecified atom stereocenters. The monoisotopic (exact) mass is 263 g/mol.